The van der Waals surface area contributed by atoms with Crippen molar-refractivity contribution in [3.05, 3.63) is 23.8 Å². The van der Waals surface area contributed by atoms with E-state index >= 15 is 4.39 Å². The highest BCUT2D eigenvalue weighted by Gasteiger charge is 2.59. The summed E-state index contributed by atoms with van der Waals surface area (Å²) in [6, 6.07) is 0.135. The van der Waals surface area contributed by atoms with Crippen molar-refractivity contribution in [2.45, 2.75) is 88.5 Å². The van der Waals surface area contributed by atoms with E-state index < -0.39 is 17.3 Å². The largest absolute Gasteiger partial charge is 0.486 e. The van der Waals surface area contributed by atoms with Crippen molar-refractivity contribution in [1.29, 1.82) is 0 Å². The normalized spacial score (nSPS) is 35.8. The molecule has 2 aliphatic heterocycles. The molecule has 160 valence electrons. The van der Waals surface area contributed by atoms with E-state index in [1.54, 1.807) is 6.20 Å². The fraction of sp³-hybridized carbons (Fsp3) is 0.652. The first-order chi connectivity index (χ1) is 14.3. The molecule has 6 nitrogen and oxygen atoms in total. The van der Waals surface area contributed by atoms with Crippen LogP contribution in [0.15, 0.2) is 12.4 Å². The van der Waals surface area contributed by atoms with Crippen molar-refractivity contribution in [2.24, 2.45) is 5.41 Å². The van der Waals surface area contributed by atoms with Crippen LogP contribution in [0.5, 0.6) is 5.75 Å². The van der Waals surface area contributed by atoms with Crippen LogP contribution in [0.25, 0.3) is 11.0 Å². The summed E-state index contributed by atoms with van der Waals surface area (Å²) in [4.78, 5) is 23.0. The average molecular weight is 413 g/mol. The summed E-state index contributed by atoms with van der Waals surface area (Å²) in [5, 5.41) is 11.3. The maximum atomic E-state index is 15.3. The molecule has 2 saturated heterocycles. The fourth-order valence-electron chi connectivity index (χ4n) is 6.67. The van der Waals surface area contributed by atoms with E-state index in [0.717, 1.165) is 32.1 Å². The first-order valence-corrected chi connectivity index (χ1v) is 11.1. The zero-order chi connectivity index (χ0) is 20.8. The van der Waals surface area contributed by atoms with Crippen LogP contribution in [0.4, 0.5) is 4.39 Å². The molecule has 5 fully saturated rings. The lowest BCUT2D eigenvalue weighted by Gasteiger charge is -2.63. The maximum absolute atomic E-state index is 15.3. The number of H-pyrrole nitrogens is 1. The summed E-state index contributed by atoms with van der Waals surface area (Å²) < 4.78 is 20.9. The Hall–Kier alpha value is -2.15. The lowest BCUT2D eigenvalue weighted by Crippen LogP contribution is -2.68. The zero-order valence-corrected chi connectivity index (χ0v) is 17.4. The maximum Gasteiger partial charge on any atom is 0.230 e. The number of ether oxygens (including phenoxy) is 1. The summed E-state index contributed by atoms with van der Waals surface area (Å²) >= 11 is 0. The number of piperidine rings is 2. The first-order valence-electron chi connectivity index (χ1n) is 11.1. The molecule has 0 radical (unpaired) electrons. The lowest BCUT2D eigenvalue weighted by atomic mass is 9.54. The van der Waals surface area contributed by atoms with E-state index in [0.29, 0.717) is 29.4 Å². The number of aromatic nitrogens is 2. The van der Waals surface area contributed by atoms with E-state index in [1.807, 2.05) is 11.8 Å². The van der Waals surface area contributed by atoms with Gasteiger partial charge in [0.05, 0.1) is 29.2 Å². The van der Waals surface area contributed by atoms with Crippen molar-refractivity contribution in [3.8, 4) is 5.75 Å². The molecular weight excluding hydrogens is 385 g/mol. The number of hydrogen-bond donors (Lipinski definition) is 2. The van der Waals surface area contributed by atoms with Gasteiger partial charge in [-0.1, -0.05) is 6.92 Å². The highest BCUT2D eigenvalue weighted by Crippen LogP contribution is 2.58. The monoisotopic (exact) mass is 413 g/mol. The third kappa shape index (κ3) is 2.70. The third-order valence-electron chi connectivity index (χ3n) is 7.78. The van der Waals surface area contributed by atoms with Gasteiger partial charge in [-0.05, 0) is 62.8 Å². The van der Waals surface area contributed by atoms with Crippen molar-refractivity contribution < 1.29 is 19.0 Å². The van der Waals surface area contributed by atoms with Gasteiger partial charge in [0, 0.05) is 18.3 Å². The molecule has 2 aromatic rings. The van der Waals surface area contributed by atoms with Crippen molar-refractivity contribution in [2.75, 3.05) is 0 Å². The number of carbonyl (C=O) groups excluding carboxylic acids is 1. The zero-order valence-electron chi connectivity index (χ0n) is 17.4. The molecular formula is C23H28FN3O3. The van der Waals surface area contributed by atoms with Crippen LogP contribution in [0.2, 0.25) is 0 Å². The molecule has 4 heterocycles. The van der Waals surface area contributed by atoms with Gasteiger partial charge in [-0.25, -0.2) is 9.37 Å². The highest BCUT2D eigenvalue weighted by molar-refractivity contribution is 5.91. The Labute approximate surface area is 174 Å². The number of fused-ring (bicyclic) bond motifs is 1. The Morgan fingerprint density at radius 3 is 2.67 bits per heavy atom. The molecule has 3 aliphatic carbocycles. The SMILES string of the molecule is CC(C(=O)N1C2CC3(C)CC1CC(O)(C2)C3)c1c[nH]c2ncc(OC3CC3)c(F)c12. The van der Waals surface area contributed by atoms with Gasteiger partial charge in [0.25, 0.3) is 0 Å². The smallest absolute Gasteiger partial charge is 0.230 e. The average Bonchev–Trinajstić information content (AvgIpc) is 3.36. The summed E-state index contributed by atoms with van der Waals surface area (Å²) in [5.74, 6) is -0.753. The molecule has 1 amide bonds. The molecule has 2 aromatic heterocycles. The number of aliphatic hydroxyl groups is 1. The Bertz CT molecular complexity index is 1010. The van der Waals surface area contributed by atoms with Crippen LogP contribution < -0.4 is 4.74 Å². The molecule has 3 saturated carbocycles. The van der Waals surface area contributed by atoms with Crippen LogP contribution >= 0.6 is 0 Å². The number of hydrogen-bond acceptors (Lipinski definition) is 4. The lowest BCUT2D eigenvalue weighted by molar-refractivity contribution is -0.193. The fourth-order valence-corrected chi connectivity index (χ4v) is 6.67. The van der Waals surface area contributed by atoms with Crippen molar-refractivity contribution >= 4 is 16.9 Å². The quantitative estimate of drug-likeness (QED) is 0.802. The number of amides is 1. The van der Waals surface area contributed by atoms with Gasteiger partial charge in [-0.2, -0.15) is 0 Å². The molecule has 3 unspecified atom stereocenters. The van der Waals surface area contributed by atoms with Gasteiger partial charge in [-0.15, -0.1) is 0 Å². The summed E-state index contributed by atoms with van der Waals surface area (Å²) in [6.45, 7) is 4.09. The Morgan fingerprint density at radius 1 is 1.33 bits per heavy atom. The summed E-state index contributed by atoms with van der Waals surface area (Å²) in [7, 11) is 0. The first kappa shape index (κ1) is 18.6. The minimum absolute atomic E-state index is 0.0183. The molecule has 30 heavy (non-hydrogen) atoms. The van der Waals surface area contributed by atoms with Crippen LogP contribution in [0, 0.1) is 11.2 Å². The van der Waals surface area contributed by atoms with Gasteiger partial charge in [0.2, 0.25) is 5.91 Å². The van der Waals surface area contributed by atoms with Gasteiger partial charge < -0.3 is 19.7 Å². The standard InChI is InChI=1S/C23H28FN3O3/c1-12(16-9-25-20-18(16)19(24)17(10-26-20)30-15-3-4-15)21(28)27-13-5-22(2)6-14(27)8-23(29,7-13)11-22/h9-10,12-15,29H,3-8,11H2,1-2H3,(H,25,26). The second-order valence-corrected chi connectivity index (χ2v) is 10.5. The number of carbonyl (C=O) groups is 1. The molecule has 3 atom stereocenters. The predicted octanol–water partition coefficient (Wildman–Crippen LogP) is 3.64. The second kappa shape index (κ2) is 5.96. The molecule has 0 aromatic carbocycles. The van der Waals surface area contributed by atoms with E-state index in [1.165, 1.54) is 6.20 Å². The third-order valence-corrected chi connectivity index (χ3v) is 7.78. The highest BCUT2D eigenvalue weighted by atomic mass is 19.1. The molecule has 2 N–H and O–H groups in total. The number of rotatable bonds is 4. The van der Waals surface area contributed by atoms with Crippen LogP contribution in [-0.4, -0.2) is 49.7 Å². The number of halogens is 1. The topological polar surface area (TPSA) is 78.5 Å². The van der Waals surface area contributed by atoms with Crippen LogP contribution in [0.3, 0.4) is 0 Å². The van der Waals surface area contributed by atoms with E-state index in [9.17, 15) is 9.90 Å². The Balaban J connectivity index is 1.33. The predicted molar refractivity (Wildman–Crippen MR) is 109 cm³/mol. The molecule has 0 spiro atoms. The minimum atomic E-state index is -0.632. The van der Waals surface area contributed by atoms with Gasteiger partial charge in [-0.3, -0.25) is 4.79 Å². The Morgan fingerprint density at radius 2 is 2.03 bits per heavy atom. The second-order valence-electron chi connectivity index (χ2n) is 10.5. The van der Waals surface area contributed by atoms with Gasteiger partial charge in [0.15, 0.2) is 11.6 Å². The van der Waals surface area contributed by atoms with Gasteiger partial charge >= 0.3 is 0 Å². The van der Waals surface area contributed by atoms with E-state index in [4.69, 9.17) is 4.74 Å². The summed E-state index contributed by atoms with van der Waals surface area (Å²) in [6.07, 6.45) is 9.11. The summed E-state index contributed by atoms with van der Waals surface area (Å²) in [5.41, 5.74) is 0.547. The minimum Gasteiger partial charge on any atom is -0.486 e. The number of aromatic amines is 1. The number of pyridine rings is 1. The molecule has 7 rings (SSSR count). The van der Waals surface area contributed by atoms with Crippen LogP contribution in [0.1, 0.15) is 70.3 Å². The van der Waals surface area contributed by atoms with Crippen molar-refractivity contribution in [1.82, 2.24) is 14.9 Å². The number of nitrogens with zero attached hydrogens (tertiary/aromatic N) is 2. The number of nitrogens with one attached hydrogen (secondary N) is 1. The van der Waals surface area contributed by atoms with E-state index in [-0.39, 0.29) is 35.3 Å². The van der Waals surface area contributed by atoms with Gasteiger partial charge in [0.1, 0.15) is 5.65 Å². The molecule has 5 aliphatic rings. The van der Waals surface area contributed by atoms with Crippen molar-refractivity contribution in [3.63, 3.8) is 0 Å². The molecule has 4 bridgehead atoms. The van der Waals surface area contributed by atoms with E-state index in [2.05, 4.69) is 16.9 Å². The molecule has 7 heteroatoms. The Kier molecular flexibility index (Phi) is 3.70. The van der Waals surface area contributed by atoms with Crippen LogP contribution in [-0.2, 0) is 4.79 Å².